The normalized spacial score (nSPS) is 10.9. The molecule has 3 aromatic heterocycles. The molecule has 1 aromatic carbocycles. The number of thiophene rings is 1. The molecule has 4 nitrogen and oxygen atoms in total. The molecule has 0 atom stereocenters. The van der Waals surface area contributed by atoms with Crippen molar-refractivity contribution in [2.45, 2.75) is 6.54 Å². The first kappa shape index (κ1) is 15.5. The number of carbonyl (C=O) groups is 1. The van der Waals surface area contributed by atoms with Crippen LogP contribution in [0, 0.1) is 5.82 Å². The lowest BCUT2D eigenvalue weighted by Crippen LogP contribution is -2.21. The van der Waals surface area contributed by atoms with Gasteiger partial charge in [-0.15, -0.1) is 11.3 Å². The van der Waals surface area contributed by atoms with E-state index >= 15 is 0 Å². The second kappa shape index (κ2) is 6.49. The second-order valence-electron chi connectivity index (χ2n) is 5.52. The summed E-state index contributed by atoms with van der Waals surface area (Å²) in [6, 6.07) is 15.8. The molecule has 0 saturated carbocycles. The Morgan fingerprint density at radius 2 is 1.96 bits per heavy atom. The Bertz CT molecular complexity index is 1020. The molecule has 0 saturated heterocycles. The highest BCUT2D eigenvalue weighted by Gasteiger charge is 2.12. The lowest BCUT2D eigenvalue weighted by Gasteiger charge is -2.01. The van der Waals surface area contributed by atoms with Gasteiger partial charge in [0.15, 0.2) is 0 Å². The van der Waals surface area contributed by atoms with Crippen molar-refractivity contribution in [3.63, 3.8) is 0 Å². The summed E-state index contributed by atoms with van der Waals surface area (Å²) in [5.74, 6) is -0.481. The minimum atomic E-state index is -0.291. The van der Waals surface area contributed by atoms with Gasteiger partial charge in [-0.2, -0.15) is 0 Å². The Kier molecular flexibility index (Phi) is 4.03. The van der Waals surface area contributed by atoms with E-state index in [1.807, 2.05) is 35.0 Å². The van der Waals surface area contributed by atoms with Crippen molar-refractivity contribution in [3.8, 4) is 10.4 Å². The van der Waals surface area contributed by atoms with Gasteiger partial charge in [0, 0.05) is 22.8 Å². The third-order valence-corrected chi connectivity index (χ3v) is 4.93. The van der Waals surface area contributed by atoms with E-state index < -0.39 is 0 Å². The van der Waals surface area contributed by atoms with E-state index in [9.17, 15) is 9.18 Å². The molecule has 0 bridgehead atoms. The van der Waals surface area contributed by atoms with Gasteiger partial charge in [0.2, 0.25) is 0 Å². The van der Waals surface area contributed by atoms with Crippen LogP contribution in [0.25, 0.3) is 16.1 Å². The van der Waals surface area contributed by atoms with Crippen LogP contribution in [0.1, 0.15) is 15.4 Å². The predicted octanol–water partition coefficient (Wildman–Crippen LogP) is 4.13. The van der Waals surface area contributed by atoms with E-state index in [0.29, 0.717) is 17.0 Å². The zero-order valence-corrected chi connectivity index (χ0v) is 14.0. The van der Waals surface area contributed by atoms with Crippen molar-refractivity contribution in [1.29, 1.82) is 0 Å². The SMILES string of the molecule is O=C(NCc1cn2ccccc2n1)c1ccc(-c2ccccc2F)s1. The van der Waals surface area contributed by atoms with Crippen LogP contribution < -0.4 is 5.32 Å². The third kappa shape index (κ3) is 3.16. The van der Waals surface area contributed by atoms with Crippen molar-refractivity contribution in [3.05, 3.63) is 83.4 Å². The average molecular weight is 351 g/mol. The van der Waals surface area contributed by atoms with Gasteiger partial charge < -0.3 is 9.72 Å². The van der Waals surface area contributed by atoms with Crippen molar-refractivity contribution in [2.75, 3.05) is 0 Å². The predicted molar refractivity (Wildman–Crippen MR) is 96.1 cm³/mol. The average Bonchev–Trinajstić information content (AvgIpc) is 3.27. The summed E-state index contributed by atoms with van der Waals surface area (Å²) in [6.45, 7) is 0.341. The van der Waals surface area contributed by atoms with E-state index in [-0.39, 0.29) is 11.7 Å². The fourth-order valence-electron chi connectivity index (χ4n) is 2.60. The molecule has 0 aliphatic carbocycles. The summed E-state index contributed by atoms with van der Waals surface area (Å²) in [5, 5.41) is 2.86. The van der Waals surface area contributed by atoms with Gasteiger partial charge >= 0.3 is 0 Å². The first-order chi connectivity index (χ1) is 12.2. The first-order valence-corrected chi connectivity index (χ1v) is 8.58. The first-order valence-electron chi connectivity index (χ1n) is 7.76. The Morgan fingerprint density at radius 1 is 1.12 bits per heavy atom. The van der Waals surface area contributed by atoms with Crippen LogP contribution in [-0.2, 0) is 6.54 Å². The molecule has 124 valence electrons. The number of nitrogens with zero attached hydrogens (tertiary/aromatic N) is 2. The fraction of sp³-hybridized carbons (Fsp3) is 0.0526. The van der Waals surface area contributed by atoms with Crippen LogP contribution in [0.5, 0.6) is 0 Å². The minimum Gasteiger partial charge on any atom is -0.346 e. The Labute approximate surface area is 147 Å². The lowest BCUT2D eigenvalue weighted by molar-refractivity contribution is 0.0954. The molecule has 25 heavy (non-hydrogen) atoms. The number of benzene rings is 1. The van der Waals surface area contributed by atoms with Crippen molar-refractivity contribution in [2.24, 2.45) is 0 Å². The number of hydrogen-bond donors (Lipinski definition) is 1. The maximum Gasteiger partial charge on any atom is 0.261 e. The number of pyridine rings is 1. The summed E-state index contributed by atoms with van der Waals surface area (Å²) in [6.07, 6.45) is 3.79. The number of imidazole rings is 1. The second-order valence-corrected chi connectivity index (χ2v) is 6.61. The summed E-state index contributed by atoms with van der Waals surface area (Å²) in [7, 11) is 0. The molecule has 4 aromatic rings. The smallest absolute Gasteiger partial charge is 0.261 e. The van der Waals surface area contributed by atoms with E-state index in [1.54, 1.807) is 30.3 Å². The number of hydrogen-bond acceptors (Lipinski definition) is 3. The van der Waals surface area contributed by atoms with Gasteiger partial charge in [0.25, 0.3) is 5.91 Å². The van der Waals surface area contributed by atoms with Gasteiger partial charge in [0.1, 0.15) is 11.5 Å². The standard InChI is InChI=1S/C19H14FN3OS/c20-15-6-2-1-5-14(15)16-8-9-17(25-16)19(24)21-11-13-12-23-10-4-3-7-18(23)22-13/h1-10,12H,11H2,(H,21,24). The largest absolute Gasteiger partial charge is 0.346 e. The summed E-state index contributed by atoms with van der Waals surface area (Å²) in [4.78, 5) is 18.1. The third-order valence-electron chi connectivity index (χ3n) is 3.81. The number of amides is 1. The summed E-state index contributed by atoms with van der Waals surface area (Å²) < 4.78 is 15.8. The van der Waals surface area contributed by atoms with Crippen LogP contribution in [-0.4, -0.2) is 15.3 Å². The topological polar surface area (TPSA) is 46.4 Å². The van der Waals surface area contributed by atoms with Crippen LogP contribution in [0.2, 0.25) is 0 Å². The highest BCUT2D eigenvalue weighted by molar-refractivity contribution is 7.17. The molecule has 1 N–H and O–H groups in total. The molecule has 0 aliphatic heterocycles. The Hall–Kier alpha value is -2.99. The maximum atomic E-state index is 13.9. The van der Waals surface area contributed by atoms with Crippen LogP contribution >= 0.6 is 11.3 Å². The van der Waals surface area contributed by atoms with Gasteiger partial charge in [-0.05, 0) is 30.3 Å². The van der Waals surface area contributed by atoms with E-state index in [1.165, 1.54) is 17.4 Å². The highest BCUT2D eigenvalue weighted by Crippen LogP contribution is 2.29. The molecule has 0 fully saturated rings. The van der Waals surface area contributed by atoms with E-state index in [0.717, 1.165) is 16.2 Å². The molecule has 3 heterocycles. The molecule has 0 spiro atoms. The van der Waals surface area contributed by atoms with Crippen molar-refractivity contribution >= 4 is 22.9 Å². The zero-order chi connectivity index (χ0) is 17.2. The maximum absolute atomic E-state index is 13.9. The van der Waals surface area contributed by atoms with Crippen LogP contribution in [0.15, 0.2) is 67.0 Å². The monoisotopic (exact) mass is 351 g/mol. The molecule has 0 aliphatic rings. The fourth-order valence-corrected chi connectivity index (χ4v) is 3.55. The van der Waals surface area contributed by atoms with E-state index in [2.05, 4.69) is 10.3 Å². The number of carbonyl (C=O) groups excluding carboxylic acids is 1. The molecule has 6 heteroatoms. The van der Waals surface area contributed by atoms with Gasteiger partial charge in [-0.25, -0.2) is 9.37 Å². The molecule has 0 radical (unpaired) electrons. The highest BCUT2D eigenvalue weighted by atomic mass is 32.1. The van der Waals surface area contributed by atoms with Crippen molar-refractivity contribution < 1.29 is 9.18 Å². The molecular formula is C19H14FN3OS. The molecule has 1 amide bonds. The zero-order valence-electron chi connectivity index (χ0n) is 13.1. The number of nitrogens with one attached hydrogen (secondary N) is 1. The number of fused-ring (bicyclic) bond motifs is 1. The number of rotatable bonds is 4. The lowest BCUT2D eigenvalue weighted by atomic mass is 10.2. The Balaban J connectivity index is 1.47. The minimum absolute atomic E-state index is 0.190. The quantitative estimate of drug-likeness (QED) is 0.601. The van der Waals surface area contributed by atoms with Crippen molar-refractivity contribution in [1.82, 2.24) is 14.7 Å². The summed E-state index contributed by atoms with van der Waals surface area (Å²) in [5.41, 5.74) is 2.13. The van der Waals surface area contributed by atoms with E-state index in [4.69, 9.17) is 0 Å². The molecular weight excluding hydrogens is 337 g/mol. The number of aromatic nitrogens is 2. The van der Waals surface area contributed by atoms with Gasteiger partial charge in [0.05, 0.1) is 17.1 Å². The molecule has 4 rings (SSSR count). The van der Waals surface area contributed by atoms with Gasteiger partial charge in [-0.3, -0.25) is 4.79 Å². The molecule has 0 unspecified atom stereocenters. The Morgan fingerprint density at radius 3 is 2.80 bits per heavy atom. The van der Waals surface area contributed by atoms with Gasteiger partial charge in [-0.1, -0.05) is 24.3 Å². The van der Waals surface area contributed by atoms with Crippen LogP contribution in [0.4, 0.5) is 4.39 Å². The van der Waals surface area contributed by atoms with Crippen LogP contribution in [0.3, 0.4) is 0 Å². The number of halogens is 1. The summed E-state index contributed by atoms with van der Waals surface area (Å²) >= 11 is 1.27.